The summed E-state index contributed by atoms with van der Waals surface area (Å²) in [5.74, 6) is 0.848. The molecule has 2 unspecified atom stereocenters. The van der Waals surface area contributed by atoms with Crippen LogP contribution in [0.1, 0.15) is 38.7 Å². The zero-order valence-electron chi connectivity index (χ0n) is 11.9. The predicted molar refractivity (Wildman–Crippen MR) is 80.0 cm³/mol. The normalized spacial score (nSPS) is 27.4. The molecule has 2 aliphatic heterocycles. The van der Waals surface area contributed by atoms with Crippen LogP contribution in [0, 0.1) is 0 Å². The Morgan fingerprint density at radius 1 is 1.32 bits per heavy atom. The molecule has 3 heteroatoms. The highest BCUT2D eigenvalue weighted by molar-refractivity contribution is 7.85. The van der Waals surface area contributed by atoms with Gasteiger partial charge in [-0.25, -0.2) is 0 Å². The third-order valence-corrected chi connectivity index (χ3v) is 6.74. The number of fused-ring (bicyclic) bond motifs is 2. The molecule has 0 saturated carbocycles. The molecule has 104 valence electrons. The van der Waals surface area contributed by atoms with E-state index in [1.807, 2.05) is 6.07 Å². The lowest BCUT2D eigenvalue weighted by atomic mass is 9.74. The molecule has 2 heterocycles. The van der Waals surface area contributed by atoms with Crippen LogP contribution in [0.4, 0.5) is 0 Å². The maximum Gasteiger partial charge on any atom is 0.0541 e. The van der Waals surface area contributed by atoms with E-state index in [4.69, 9.17) is 0 Å². The van der Waals surface area contributed by atoms with E-state index in [9.17, 15) is 4.21 Å². The standard InChI is InChI=1S/C16H23NOS/c1-3-13(2)17-10-8-16(9-11-17)12-19(18)15-7-5-4-6-14(15)16/h4-7,13H,3,8-12H2,1-2H3. The molecule has 0 aliphatic carbocycles. The van der Waals surface area contributed by atoms with Gasteiger partial charge in [0.1, 0.15) is 0 Å². The van der Waals surface area contributed by atoms with E-state index in [2.05, 4.69) is 36.9 Å². The molecule has 1 spiro atoms. The Bertz CT molecular complexity index is 491. The first-order valence-electron chi connectivity index (χ1n) is 7.38. The van der Waals surface area contributed by atoms with Gasteiger partial charge in [-0.2, -0.15) is 0 Å². The summed E-state index contributed by atoms with van der Waals surface area (Å²) in [6, 6.07) is 9.06. The average Bonchev–Trinajstić information content (AvgIpc) is 2.72. The van der Waals surface area contributed by atoms with Crippen molar-refractivity contribution in [1.82, 2.24) is 4.90 Å². The summed E-state index contributed by atoms with van der Waals surface area (Å²) in [5, 5.41) is 0. The molecular formula is C16H23NOS. The van der Waals surface area contributed by atoms with Crippen molar-refractivity contribution in [2.45, 2.75) is 49.5 Å². The molecule has 0 N–H and O–H groups in total. The van der Waals surface area contributed by atoms with Gasteiger partial charge in [0.25, 0.3) is 0 Å². The molecule has 1 aromatic carbocycles. The van der Waals surface area contributed by atoms with E-state index >= 15 is 0 Å². The van der Waals surface area contributed by atoms with Crippen molar-refractivity contribution in [3.05, 3.63) is 29.8 Å². The Morgan fingerprint density at radius 2 is 2.00 bits per heavy atom. The number of nitrogens with zero attached hydrogens (tertiary/aromatic N) is 1. The van der Waals surface area contributed by atoms with Gasteiger partial charge in [-0.1, -0.05) is 25.1 Å². The van der Waals surface area contributed by atoms with Crippen LogP contribution in [0.15, 0.2) is 29.2 Å². The number of piperidine rings is 1. The summed E-state index contributed by atoms with van der Waals surface area (Å²) in [5.41, 5.74) is 1.57. The van der Waals surface area contributed by atoms with Crippen molar-refractivity contribution in [1.29, 1.82) is 0 Å². The second kappa shape index (κ2) is 5.02. The molecule has 2 nitrogen and oxygen atoms in total. The molecular weight excluding hydrogens is 254 g/mol. The summed E-state index contributed by atoms with van der Waals surface area (Å²) in [6.07, 6.45) is 3.55. The molecule has 2 aliphatic rings. The van der Waals surface area contributed by atoms with Crippen LogP contribution >= 0.6 is 0 Å². The first-order chi connectivity index (χ1) is 9.16. The third kappa shape index (κ3) is 2.17. The predicted octanol–water partition coefficient (Wildman–Crippen LogP) is 2.94. The third-order valence-electron chi connectivity index (χ3n) is 5.08. The topological polar surface area (TPSA) is 20.3 Å². The maximum absolute atomic E-state index is 12.3. The Morgan fingerprint density at radius 3 is 2.68 bits per heavy atom. The van der Waals surface area contributed by atoms with Crippen molar-refractivity contribution >= 4 is 10.8 Å². The summed E-state index contributed by atoms with van der Waals surface area (Å²) in [7, 11) is -0.777. The molecule has 1 saturated heterocycles. The van der Waals surface area contributed by atoms with E-state index in [-0.39, 0.29) is 5.41 Å². The van der Waals surface area contributed by atoms with Crippen LogP contribution in [-0.2, 0) is 16.2 Å². The van der Waals surface area contributed by atoms with Crippen molar-refractivity contribution in [3.63, 3.8) is 0 Å². The maximum atomic E-state index is 12.3. The first-order valence-corrected chi connectivity index (χ1v) is 8.70. The molecule has 0 amide bonds. The van der Waals surface area contributed by atoms with Crippen molar-refractivity contribution in [3.8, 4) is 0 Å². The van der Waals surface area contributed by atoms with Gasteiger partial charge in [0.15, 0.2) is 0 Å². The summed E-state index contributed by atoms with van der Waals surface area (Å²) in [4.78, 5) is 3.69. The van der Waals surface area contributed by atoms with Gasteiger partial charge in [-0.05, 0) is 50.9 Å². The molecule has 1 fully saturated rings. The number of rotatable bonds is 2. The van der Waals surface area contributed by atoms with Gasteiger partial charge in [0.2, 0.25) is 0 Å². The SMILES string of the molecule is CCC(C)N1CCC2(CC1)CS(=O)c1ccccc12. The molecule has 1 aromatic rings. The van der Waals surface area contributed by atoms with Crippen LogP contribution < -0.4 is 0 Å². The van der Waals surface area contributed by atoms with E-state index in [0.717, 1.165) is 23.7 Å². The van der Waals surface area contributed by atoms with Crippen LogP contribution in [0.5, 0.6) is 0 Å². The highest BCUT2D eigenvalue weighted by atomic mass is 32.2. The fourth-order valence-corrected chi connectivity index (χ4v) is 5.44. The Kier molecular flexibility index (Phi) is 3.52. The lowest BCUT2D eigenvalue weighted by molar-refractivity contribution is 0.128. The number of benzene rings is 1. The highest BCUT2D eigenvalue weighted by Crippen LogP contribution is 2.45. The average molecular weight is 277 g/mol. The van der Waals surface area contributed by atoms with Crippen molar-refractivity contribution < 1.29 is 4.21 Å². The minimum Gasteiger partial charge on any atom is -0.301 e. The molecule has 3 rings (SSSR count). The molecule has 0 bridgehead atoms. The summed E-state index contributed by atoms with van der Waals surface area (Å²) >= 11 is 0. The van der Waals surface area contributed by atoms with Crippen LogP contribution in [0.25, 0.3) is 0 Å². The van der Waals surface area contributed by atoms with Crippen molar-refractivity contribution in [2.24, 2.45) is 0 Å². The lowest BCUT2D eigenvalue weighted by Crippen LogP contribution is -2.46. The number of hydrogen-bond donors (Lipinski definition) is 0. The molecule has 2 atom stereocenters. The highest BCUT2D eigenvalue weighted by Gasteiger charge is 2.44. The van der Waals surface area contributed by atoms with Crippen LogP contribution in [0.3, 0.4) is 0 Å². The van der Waals surface area contributed by atoms with Crippen LogP contribution in [0.2, 0.25) is 0 Å². The summed E-state index contributed by atoms with van der Waals surface area (Å²) in [6.45, 7) is 6.88. The quantitative estimate of drug-likeness (QED) is 0.828. The number of likely N-dealkylation sites (tertiary alicyclic amines) is 1. The summed E-state index contributed by atoms with van der Waals surface area (Å²) < 4.78 is 12.3. The minimum atomic E-state index is -0.777. The van der Waals surface area contributed by atoms with Crippen molar-refractivity contribution in [2.75, 3.05) is 18.8 Å². The number of hydrogen-bond acceptors (Lipinski definition) is 2. The van der Waals surface area contributed by atoms with Crippen LogP contribution in [-0.4, -0.2) is 34.0 Å². The first kappa shape index (κ1) is 13.3. The largest absolute Gasteiger partial charge is 0.301 e. The van der Waals surface area contributed by atoms with E-state index in [1.54, 1.807) is 0 Å². The fraction of sp³-hybridized carbons (Fsp3) is 0.625. The monoisotopic (exact) mass is 277 g/mol. The van der Waals surface area contributed by atoms with Gasteiger partial charge >= 0.3 is 0 Å². The smallest absolute Gasteiger partial charge is 0.0541 e. The molecule has 0 radical (unpaired) electrons. The van der Waals surface area contributed by atoms with E-state index in [0.29, 0.717) is 6.04 Å². The Hall–Kier alpha value is -0.670. The lowest BCUT2D eigenvalue weighted by Gasteiger charge is -2.41. The Balaban J connectivity index is 1.83. The van der Waals surface area contributed by atoms with Gasteiger partial charge in [0, 0.05) is 22.1 Å². The van der Waals surface area contributed by atoms with Gasteiger partial charge in [0.05, 0.1) is 10.8 Å². The second-order valence-corrected chi connectivity index (χ2v) is 7.48. The minimum absolute atomic E-state index is 0.200. The zero-order valence-corrected chi connectivity index (χ0v) is 12.7. The molecule has 0 aromatic heterocycles. The van der Waals surface area contributed by atoms with Gasteiger partial charge < -0.3 is 4.90 Å². The Labute approximate surface area is 118 Å². The fourth-order valence-electron chi connectivity index (χ4n) is 3.57. The van der Waals surface area contributed by atoms with E-state index < -0.39 is 10.8 Å². The zero-order chi connectivity index (χ0) is 13.5. The second-order valence-electron chi connectivity index (χ2n) is 6.06. The van der Waals surface area contributed by atoms with Gasteiger partial charge in [-0.15, -0.1) is 0 Å². The van der Waals surface area contributed by atoms with E-state index in [1.165, 1.54) is 24.8 Å². The molecule has 19 heavy (non-hydrogen) atoms. The van der Waals surface area contributed by atoms with Gasteiger partial charge in [-0.3, -0.25) is 4.21 Å².